The Labute approximate surface area is 85.5 Å². The Morgan fingerprint density at radius 1 is 1.54 bits per heavy atom. The first kappa shape index (κ1) is 10.5. The molecule has 0 saturated heterocycles. The van der Waals surface area contributed by atoms with Gasteiger partial charge in [0.25, 0.3) is 0 Å². The van der Waals surface area contributed by atoms with Gasteiger partial charge in [0.15, 0.2) is 0 Å². The number of thioether (sulfide) groups is 1. The van der Waals surface area contributed by atoms with Crippen molar-refractivity contribution in [2.45, 2.75) is 27.2 Å². The summed E-state index contributed by atoms with van der Waals surface area (Å²) in [6.07, 6.45) is 10.3. The van der Waals surface area contributed by atoms with Gasteiger partial charge in [0.1, 0.15) is 0 Å². The van der Waals surface area contributed by atoms with E-state index in [-0.39, 0.29) is 0 Å². The Bertz CT molecular complexity index is 287. The Balaban J connectivity index is 3.00. The summed E-state index contributed by atoms with van der Waals surface area (Å²) in [7, 11) is 0. The molecule has 0 amide bonds. The van der Waals surface area contributed by atoms with Crippen LogP contribution >= 0.6 is 11.8 Å². The normalized spacial score (nSPS) is 22.0. The molecule has 1 aliphatic heterocycles. The van der Waals surface area contributed by atoms with E-state index >= 15 is 0 Å². The fraction of sp³-hybridized carbons (Fsp3) is 0.500. The molecule has 70 valence electrons. The standard InChI is InChI=1S/C12H16S/c1-5-6-7-11-10(2)13-9-8-12(11,3)4/h1,6-7H,8-9H2,2-4H3/b7-6+. The molecular formula is C12H16S. The third kappa shape index (κ3) is 2.42. The van der Waals surface area contributed by atoms with Gasteiger partial charge >= 0.3 is 0 Å². The van der Waals surface area contributed by atoms with Gasteiger partial charge in [-0.2, -0.15) is 0 Å². The zero-order valence-electron chi connectivity index (χ0n) is 8.55. The molecule has 0 aromatic heterocycles. The molecule has 0 atom stereocenters. The van der Waals surface area contributed by atoms with Crippen LogP contribution in [0.1, 0.15) is 27.2 Å². The van der Waals surface area contributed by atoms with E-state index in [0.29, 0.717) is 5.41 Å². The lowest BCUT2D eigenvalue weighted by molar-refractivity contribution is 0.438. The predicted octanol–water partition coefficient (Wildman–Crippen LogP) is 3.61. The molecule has 0 saturated carbocycles. The van der Waals surface area contributed by atoms with Gasteiger partial charge in [0.05, 0.1) is 0 Å². The first-order valence-electron chi connectivity index (χ1n) is 4.55. The SMILES string of the molecule is C#C/C=C/C1=C(C)SCCC1(C)C. The Hall–Kier alpha value is -0.610. The molecule has 1 heterocycles. The van der Waals surface area contributed by atoms with E-state index in [2.05, 4.69) is 32.8 Å². The van der Waals surface area contributed by atoms with Gasteiger partial charge in [-0.15, -0.1) is 18.2 Å². The zero-order chi connectivity index (χ0) is 9.90. The van der Waals surface area contributed by atoms with Crippen LogP contribution in [0.4, 0.5) is 0 Å². The monoisotopic (exact) mass is 192 g/mol. The van der Waals surface area contributed by atoms with E-state index in [1.807, 2.05) is 11.8 Å². The van der Waals surface area contributed by atoms with Crippen LogP contribution in [0.2, 0.25) is 0 Å². The molecule has 1 heteroatoms. The number of terminal acetylenes is 1. The highest BCUT2D eigenvalue weighted by molar-refractivity contribution is 8.03. The van der Waals surface area contributed by atoms with Gasteiger partial charge in [-0.1, -0.05) is 19.8 Å². The Morgan fingerprint density at radius 3 is 2.77 bits per heavy atom. The summed E-state index contributed by atoms with van der Waals surface area (Å²) in [5.74, 6) is 3.78. The molecule has 0 nitrogen and oxygen atoms in total. The number of rotatable bonds is 1. The number of allylic oxidation sites excluding steroid dienone is 4. The van der Waals surface area contributed by atoms with E-state index in [9.17, 15) is 0 Å². The van der Waals surface area contributed by atoms with E-state index in [1.54, 1.807) is 6.08 Å². The fourth-order valence-corrected chi connectivity index (χ4v) is 3.04. The summed E-state index contributed by atoms with van der Waals surface area (Å²) in [5.41, 5.74) is 1.70. The van der Waals surface area contributed by atoms with Crippen molar-refractivity contribution in [2.24, 2.45) is 5.41 Å². The Morgan fingerprint density at radius 2 is 2.23 bits per heavy atom. The molecule has 0 aliphatic carbocycles. The molecule has 0 radical (unpaired) electrons. The van der Waals surface area contributed by atoms with Crippen LogP contribution in [-0.4, -0.2) is 5.75 Å². The van der Waals surface area contributed by atoms with Crippen molar-refractivity contribution in [3.63, 3.8) is 0 Å². The zero-order valence-corrected chi connectivity index (χ0v) is 9.37. The van der Waals surface area contributed by atoms with Crippen molar-refractivity contribution in [3.8, 4) is 12.3 Å². The van der Waals surface area contributed by atoms with Crippen LogP contribution in [0.3, 0.4) is 0 Å². The first-order valence-corrected chi connectivity index (χ1v) is 5.53. The van der Waals surface area contributed by atoms with E-state index in [0.717, 1.165) is 0 Å². The first-order chi connectivity index (χ1) is 6.08. The average molecular weight is 192 g/mol. The summed E-state index contributed by atoms with van der Waals surface area (Å²) in [6, 6.07) is 0. The summed E-state index contributed by atoms with van der Waals surface area (Å²) >= 11 is 1.94. The summed E-state index contributed by atoms with van der Waals surface area (Å²) in [4.78, 5) is 1.42. The minimum absolute atomic E-state index is 0.294. The highest BCUT2D eigenvalue weighted by Crippen LogP contribution is 2.42. The highest BCUT2D eigenvalue weighted by atomic mass is 32.2. The highest BCUT2D eigenvalue weighted by Gasteiger charge is 2.26. The number of hydrogen-bond donors (Lipinski definition) is 0. The van der Waals surface area contributed by atoms with Gasteiger partial charge in [-0.05, 0) is 47.1 Å². The fourth-order valence-electron chi connectivity index (χ4n) is 1.62. The molecule has 1 rings (SSSR count). The van der Waals surface area contributed by atoms with E-state index in [4.69, 9.17) is 6.42 Å². The second kappa shape index (κ2) is 4.07. The molecule has 0 fully saturated rings. The van der Waals surface area contributed by atoms with Crippen LogP contribution < -0.4 is 0 Å². The van der Waals surface area contributed by atoms with Crippen molar-refractivity contribution >= 4 is 11.8 Å². The van der Waals surface area contributed by atoms with Crippen molar-refractivity contribution in [2.75, 3.05) is 5.75 Å². The lowest BCUT2D eigenvalue weighted by Gasteiger charge is -2.32. The molecule has 0 spiro atoms. The lowest BCUT2D eigenvalue weighted by atomic mass is 9.81. The summed E-state index contributed by atoms with van der Waals surface area (Å²) in [5, 5.41) is 0. The quantitative estimate of drug-likeness (QED) is 0.572. The minimum Gasteiger partial charge on any atom is -0.131 e. The van der Waals surface area contributed by atoms with E-state index < -0.39 is 0 Å². The van der Waals surface area contributed by atoms with Crippen molar-refractivity contribution < 1.29 is 0 Å². The van der Waals surface area contributed by atoms with Crippen LogP contribution in [0.5, 0.6) is 0 Å². The molecule has 0 N–H and O–H groups in total. The molecule has 0 aromatic carbocycles. The molecular weight excluding hydrogens is 176 g/mol. The van der Waals surface area contributed by atoms with Crippen molar-refractivity contribution in [3.05, 3.63) is 22.6 Å². The van der Waals surface area contributed by atoms with Crippen molar-refractivity contribution in [1.29, 1.82) is 0 Å². The molecule has 1 aliphatic rings. The van der Waals surface area contributed by atoms with Gasteiger partial charge in [-0.25, -0.2) is 0 Å². The largest absolute Gasteiger partial charge is 0.131 e. The van der Waals surface area contributed by atoms with Crippen LogP contribution in [0.25, 0.3) is 0 Å². The van der Waals surface area contributed by atoms with Crippen LogP contribution in [0, 0.1) is 17.8 Å². The molecule has 0 aromatic rings. The number of hydrogen-bond acceptors (Lipinski definition) is 1. The lowest BCUT2D eigenvalue weighted by Crippen LogP contribution is -2.19. The third-order valence-electron chi connectivity index (χ3n) is 2.50. The molecule has 13 heavy (non-hydrogen) atoms. The van der Waals surface area contributed by atoms with Gasteiger partial charge in [0, 0.05) is 0 Å². The Kier molecular flexibility index (Phi) is 3.27. The smallest absolute Gasteiger partial charge is 0.00150 e. The third-order valence-corrected chi connectivity index (χ3v) is 3.56. The van der Waals surface area contributed by atoms with Crippen LogP contribution in [0.15, 0.2) is 22.6 Å². The minimum atomic E-state index is 0.294. The second-order valence-corrected chi connectivity index (χ2v) is 5.26. The maximum absolute atomic E-state index is 5.21. The second-order valence-electron chi connectivity index (χ2n) is 3.95. The molecule has 0 unspecified atom stereocenters. The maximum Gasteiger partial charge on any atom is -0.00150 e. The van der Waals surface area contributed by atoms with Crippen molar-refractivity contribution in [1.82, 2.24) is 0 Å². The predicted molar refractivity (Wildman–Crippen MR) is 61.5 cm³/mol. The summed E-state index contributed by atoms with van der Waals surface area (Å²) < 4.78 is 0. The maximum atomic E-state index is 5.21. The van der Waals surface area contributed by atoms with Crippen LogP contribution in [-0.2, 0) is 0 Å². The molecule has 0 bridgehead atoms. The average Bonchev–Trinajstić information content (AvgIpc) is 2.02. The van der Waals surface area contributed by atoms with E-state index in [1.165, 1.54) is 22.7 Å². The van der Waals surface area contributed by atoms with Gasteiger partial charge < -0.3 is 0 Å². The van der Waals surface area contributed by atoms with Gasteiger partial charge in [0.2, 0.25) is 0 Å². The van der Waals surface area contributed by atoms with Gasteiger partial charge in [-0.3, -0.25) is 0 Å². The summed E-state index contributed by atoms with van der Waals surface area (Å²) in [6.45, 7) is 6.75. The topological polar surface area (TPSA) is 0 Å².